The van der Waals surface area contributed by atoms with E-state index in [-0.39, 0.29) is 11.3 Å². The highest BCUT2D eigenvalue weighted by Gasteiger charge is 2.05. The third kappa shape index (κ3) is 2.95. The van der Waals surface area contributed by atoms with E-state index < -0.39 is 24.0 Å². The van der Waals surface area contributed by atoms with Crippen LogP contribution in [0.5, 0.6) is 0 Å². The van der Waals surface area contributed by atoms with Gasteiger partial charge in [-0.15, -0.1) is 0 Å². The molecule has 1 aromatic rings. The highest BCUT2D eigenvalue weighted by molar-refractivity contribution is 5.70. The molecule has 0 aliphatic rings. The molecule has 0 amide bonds. The summed E-state index contributed by atoms with van der Waals surface area (Å²) in [5, 5.41) is 8.29. The molecule has 5 heteroatoms. The Morgan fingerprint density at radius 3 is 2.73 bits per heavy atom. The molecule has 0 aliphatic carbocycles. The van der Waals surface area contributed by atoms with Crippen molar-refractivity contribution in [3.8, 4) is 11.8 Å². The van der Waals surface area contributed by atoms with E-state index in [0.717, 1.165) is 6.07 Å². The molecule has 0 radical (unpaired) electrons. The number of carboxylic acid groups (broad SMARTS) is 1. The number of rotatable bonds is 1. The lowest BCUT2D eigenvalue weighted by molar-refractivity contribution is -0.135. The van der Waals surface area contributed by atoms with Crippen molar-refractivity contribution in [2.24, 2.45) is 0 Å². The van der Waals surface area contributed by atoms with Gasteiger partial charge in [-0.1, -0.05) is 11.8 Å². The number of carbonyl (C=O) groups is 1. The fraction of sp³-hybridized carbons (Fsp3) is 0.100. The zero-order valence-corrected chi connectivity index (χ0v) is 7.55. The lowest BCUT2D eigenvalue weighted by Crippen LogP contribution is -1.97. The van der Waals surface area contributed by atoms with Crippen LogP contribution in [0.15, 0.2) is 12.1 Å². The Hall–Kier alpha value is -2.09. The molecule has 0 saturated carbocycles. The molecule has 0 fully saturated rings. The molecule has 0 heterocycles. The Balaban J connectivity index is 3.02. The van der Waals surface area contributed by atoms with Crippen molar-refractivity contribution >= 4 is 11.7 Å². The summed E-state index contributed by atoms with van der Waals surface area (Å²) in [5.41, 5.74) is 4.95. The van der Waals surface area contributed by atoms with Crippen LogP contribution in [0.1, 0.15) is 12.0 Å². The molecular weight excluding hydrogens is 204 g/mol. The number of halogens is 2. The van der Waals surface area contributed by atoms with E-state index in [2.05, 4.69) is 11.8 Å². The number of nitrogens with two attached hydrogens (primary N) is 1. The Bertz CT molecular complexity index is 460. The molecule has 3 nitrogen and oxygen atoms in total. The number of hydrogen-bond donors (Lipinski definition) is 2. The molecule has 1 rings (SSSR count). The monoisotopic (exact) mass is 211 g/mol. The number of aliphatic carboxylic acids is 1. The summed E-state index contributed by atoms with van der Waals surface area (Å²) in [6.07, 6.45) is -0.405. The summed E-state index contributed by atoms with van der Waals surface area (Å²) in [7, 11) is 0. The van der Waals surface area contributed by atoms with Gasteiger partial charge in [-0.25, -0.2) is 8.78 Å². The largest absolute Gasteiger partial charge is 0.481 e. The van der Waals surface area contributed by atoms with Gasteiger partial charge in [-0.3, -0.25) is 4.79 Å². The fourth-order valence-corrected chi connectivity index (χ4v) is 0.903. The van der Waals surface area contributed by atoms with Crippen molar-refractivity contribution in [1.29, 1.82) is 0 Å². The first-order valence-electron chi connectivity index (χ1n) is 3.96. The second kappa shape index (κ2) is 4.42. The Morgan fingerprint density at radius 2 is 2.13 bits per heavy atom. The number of anilines is 1. The van der Waals surface area contributed by atoms with Crippen LogP contribution in [-0.2, 0) is 4.79 Å². The van der Waals surface area contributed by atoms with Crippen molar-refractivity contribution in [1.82, 2.24) is 0 Å². The van der Waals surface area contributed by atoms with Crippen molar-refractivity contribution in [2.45, 2.75) is 6.42 Å². The summed E-state index contributed by atoms with van der Waals surface area (Å²) in [4.78, 5) is 10.1. The van der Waals surface area contributed by atoms with Crippen LogP contribution in [0, 0.1) is 23.5 Å². The van der Waals surface area contributed by atoms with Crippen molar-refractivity contribution in [3.63, 3.8) is 0 Å². The van der Waals surface area contributed by atoms with Gasteiger partial charge in [0, 0.05) is 6.07 Å². The maximum Gasteiger partial charge on any atom is 0.315 e. The summed E-state index contributed by atoms with van der Waals surface area (Å²) in [5.74, 6) is 1.70. The third-order valence-electron chi connectivity index (χ3n) is 1.56. The van der Waals surface area contributed by atoms with Gasteiger partial charge in [0.15, 0.2) is 0 Å². The molecule has 3 N–H and O–H groups in total. The third-order valence-corrected chi connectivity index (χ3v) is 1.56. The predicted octanol–water partition coefficient (Wildman–Crippen LogP) is 1.37. The molecule has 0 atom stereocenters. The van der Waals surface area contributed by atoms with Crippen molar-refractivity contribution < 1.29 is 18.7 Å². The van der Waals surface area contributed by atoms with Gasteiger partial charge in [0.05, 0.1) is 11.3 Å². The zero-order valence-electron chi connectivity index (χ0n) is 7.55. The molecule has 0 aliphatic heterocycles. The molecule has 15 heavy (non-hydrogen) atoms. The van der Waals surface area contributed by atoms with Gasteiger partial charge in [0.1, 0.15) is 18.1 Å². The van der Waals surface area contributed by atoms with Crippen LogP contribution in [0.25, 0.3) is 0 Å². The summed E-state index contributed by atoms with van der Waals surface area (Å²) < 4.78 is 25.6. The van der Waals surface area contributed by atoms with Gasteiger partial charge >= 0.3 is 5.97 Å². The SMILES string of the molecule is Nc1c(F)cc(F)cc1C#CCC(=O)O. The van der Waals surface area contributed by atoms with Crippen LogP contribution in [0.2, 0.25) is 0 Å². The molecule has 0 spiro atoms. The molecular formula is C10H7F2NO2. The lowest BCUT2D eigenvalue weighted by atomic mass is 10.1. The molecule has 0 aromatic heterocycles. The molecule has 1 aromatic carbocycles. The van der Waals surface area contributed by atoms with E-state index in [0.29, 0.717) is 6.07 Å². The Kier molecular flexibility index (Phi) is 3.24. The van der Waals surface area contributed by atoms with E-state index >= 15 is 0 Å². The standard InChI is InChI=1S/C10H7F2NO2/c11-7-4-6(2-1-3-9(14)15)10(13)8(12)5-7/h4-5H,3,13H2,(H,14,15). The average molecular weight is 211 g/mol. The van der Waals surface area contributed by atoms with Crippen LogP contribution < -0.4 is 5.73 Å². The van der Waals surface area contributed by atoms with E-state index in [1.54, 1.807) is 0 Å². The number of hydrogen-bond acceptors (Lipinski definition) is 2. The minimum absolute atomic E-state index is 0.0475. The highest BCUT2D eigenvalue weighted by Crippen LogP contribution is 2.16. The number of nitrogen functional groups attached to an aromatic ring is 1. The van der Waals surface area contributed by atoms with E-state index in [1.807, 2.05) is 0 Å². The topological polar surface area (TPSA) is 63.3 Å². The normalized spacial score (nSPS) is 9.20. The Labute approximate surface area is 84.5 Å². The molecule has 0 bridgehead atoms. The van der Waals surface area contributed by atoms with E-state index in [9.17, 15) is 13.6 Å². The first-order valence-corrected chi connectivity index (χ1v) is 3.96. The van der Waals surface area contributed by atoms with E-state index in [4.69, 9.17) is 10.8 Å². The second-order valence-electron chi connectivity index (χ2n) is 2.72. The average Bonchev–Trinajstić information content (AvgIpc) is 2.12. The van der Waals surface area contributed by atoms with Crippen LogP contribution in [-0.4, -0.2) is 11.1 Å². The summed E-state index contributed by atoms with van der Waals surface area (Å²) in [6.45, 7) is 0. The van der Waals surface area contributed by atoms with Crippen LogP contribution in [0.3, 0.4) is 0 Å². The van der Waals surface area contributed by atoms with Gasteiger partial charge in [-0.05, 0) is 6.07 Å². The van der Waals surface area contributed by atoms with Gasteiger partial charge in [-0.2, -0.15) is 0 Å². The van der Waals surface area contributed by atoms with Crippen molar-refractivity contribution in [3.05, 3.63) is 29.3 Å². The van der Waals surface area contributed by atoms with Crippen LogP contribution in [0.4, 0.5) is 14.5 Å². The Morgan fingerprint density at radius 1 is 1.47 bits per heavy atom. The maximum atomic E-state index is 12.9. The highest BCUT2D eigenvalue weighted by atomic mass is 19.1. The van der Waals surface area contributed by atoms with Gasteiger partial charge < -0.3 is 10.8 Å². The summed E-state index contributed by atoms with van der Waals surface area (Å²) >= 11 is 0. The smallest absolute Gasteiger partial charge is 0.315 e. The van der Waals surface area contributed by atoms with Gasteiger partial charge in [0.2, 0.25) is 0 Å². The minimum atomic E-state index is -1.11. The predicted molar refractivity (Wildman–Crippen MR) is 49.9 cm³/mol. The fourth-order valence-electron chi connectivity index (χ4n) is 0.903. The number of carboxylic acids is 1. The first-order chi connectivity index (χ1) is 7.00. The van der Waals surface area contributed by atoms with E-state index in [1.165, 1.54) is 0 Å². The second-order valence-corrected chi connectivity index (χ2v) is 2.72. The molecule has 0 unspecified atom stereocenters. The quantitative estimate of drug-likeness (QED) is 0.544. The molecule has 78 valence electrons. The summed E-state index contributed by atoms with van der Waals surface area (Å²) in [6, 6.07) is 1.59. The first kappa shape index (κ1) is 11.0. The number of benzene rings is 1. The van der Waals surface area contributed by atoms with Crippen LogP contribution >= 0.6 is 0 Å². The molecule has 0 saturated heterocycles. The minimum Gasteiger partial charge on any atom is -0.481 e. The van der Waals surface area contributed by atoms with Gasteiger partial charge in [0.25, 0.3) is 0 Å². The zero-order chi connectivity index (χ0) is 11.4. The lowest BCUT2D eigenvalue weighted by Gasteiger charge is -1.99. The maximum absolute atomic E-state index is 12.9. The van der Waals surface area contributed by atoms with Crippen molar-refractivity contribution in [2.75, 3.05) is 5.73 Å².